The average molecular weight is 258 g/mol. The molecule has 2 fully saturated rings. The second kappa shape index (κ2) is 6.12. The van der Waals surface area contributed by atoms with Crippen LogP contribution in [0, 0.1) is 0 Å². The molecule has 0 aromatic carbocycles. The predicted octanol–water partition coefficient (Wildman–Crippen LogP) is 0.596. The van der Waals surface area contributed by atoms with Crippen molar-refractivity contribution in [1.29, 1.82) is 0 Å². The number of hydrogen-bond donors (Lipinski definition) is 2. The molecule has 0 aromatic rings. The van der Waals surface area contributed by atoms with Crippen LogP contribution in [0.4, 0.5) is 0 Å². The summed E-state index contributed by atoms with van der Waals surface area (Å²) in [4.78, 5) is 0. The van der Waals surface area contributed by atoms with E-state index in [1.54, 1.807) is 0 Å². The lowest BCUT2D eigenvalue weighted by atomic mass is 9.99. The minimum atomic E-state index is -0.653. The normalized spacial score (nSPS) is 28.9. The van der Waals surface area contributed by atoms with Crippen molar-refractivity contribution in [3.05, 3.63) is 12.7 Å². The van der Waals surface area contributed by atoms with Crippen molar-refractivity contribution in [1.82, 2.24) is 0 Å². The van der Waals surface area contributed by atoms with Crippen molar-refractivity contribution in [3.63, 3.8) is 0 Å². The topological polar surface area (TPSA) is 71.5 Å². The molecular formula is C13H22O5. The van der Waals surface area contributed by atoms with E-state index >= 15 is 0 Å². The highest BCUT2D eigenvalue weighted by atomic mass is 16.7. The lowest BCUT2D eigenvalue weighted by Gasteiger charge is -2.28. The Kier molecular flexibility index (Phi) is 4.75. The molecule has 2 heterocycles. The largest absolute Gasteiger partial charge is 0.390 e. The van der Waals surface area contributed by atoms with Crippen molar-refractivity contribution in [2.24, 2.45) is 0 Å². The Labute approximate surface area is 107 Å². The van der Waals surface area contributed by atoms with E-state index < -0.39 is 18.0 Å². The van der Waals surface area contributed by atoms with Crippen LogP contribution in [-0.4, -0.2) is 54.1 Å². The van der Waals surface area contributed by atoms with Gasteiger partial charge in [0.15, 0.2) is 5.79 Å². The molecule has 0 saturated carbocycles. The zero-order valence-electron chi connectivity index (χ0n) is 10.6. The molecule has 0 radical (unpaired) electrons. The fourth-order valence-corrected chi connectivity index (χ4v) is 2.23. The molecule has 3 atom stereocenters. The van der Waals surface area contributed by atoms with E-state index in [4.69, 9.17) is 14.2 Å². The lowest BCUT2D eigenvalue weighted by molar-refractivity contribution is -0.174. The first-order valence-corrected chi connectivity index (χ1v) is 6.53. The van der Waals surface area contributed by atoms with Crippen LogP contribution in [-0.2, 0) is 14.2 Å². The van der Waals surface area contributed by atoms with Gasteiger partial charge in [-0.1, -0.05) is 6.08 Å². The highest BCUT2D eigenvalue weighted by molar-refractivity contribution is 4.85. The van der Waals surface area contributed by atoms with Gasteiger partial charge < -0.3 is 24.4 Å². The summed E-state index contributed by atoms with van der Waals surface area (Å²) in [6.07, 6.45) is 2.90. The Balaban J connectivity index is 1.79. The van der Waals surface area contributed by atoms with Gasteiger partial charge in [0.25, 0.3) is 0 Å². The highest BCUT2D eigenvalue weighted by Gasteiger charge is 2.39. The second-order valence-corrected chi connectivity index (χ2v) is 4.93. The molecule has 2 N–H and O–H groups in total. The molecule has 3 unspecified atom stereocenters. The van der Waals surface area contributed by atoms with Crippen LogP contribution in [0.25, 0.3) is 0 Å². The first-order chi connectivity index (χ1) is 8.65. The molecule has 0 bridgehead atoms. The maximum Gasteiger partial charge on any atom is 0.168 e. The molecular weight excluding hydrogens is 236 g/mol. The van der Waals surface area contributed by atoms with E-state index in [9.17, 15) is 10.2 Å². The third-order valence-corrected chi connectivity index (χ3v) is 3.52. The van der Waals surface area contributed by atoms with E-state index in [0.717, 1.165) is 0 Å². The Hall–Kier alpha value is -0.460. The fraction of sp³-hybridized carbons (Fsp3) is 0.846. The monoisotopic (exact) mass is 258 g/mol. The fourth-order valence-electron chi connectivity index (χ4n) is 2.23. The number of aliphatic hydroxyl groups is 2. The summed E-state index contributed by atoms with van der Waals surface area (Å²) in [6.45, 7) is 5.33. The van der Waals surface area contributed by atoms with Crippen LogP contribution in [0.2, 0.25) is 0 Å². The van der Waals surface area contributed by atoms with Gasteiger partial charge in [0.2, 0.25) is 0 Å². The van der Waals surface area contributed by atoms with Crippen molar-refractivity contribution in [2.75, 3.05) is 19.8 Å². The molecule has 2 aliphatic rings. The predicted molar refractivity (Wildman–Crippen MR) is 65.1 cm³/mol. The summed E-state index contributed by atoms with van der Waals surface area (Å²) in [6, 6.07) is 0. The van der Waals surface area contributed by atoms with Crippen LogP contribution in [0.3, 0.4) is 0 Å². The van der Waals surface area contributed by atoms with Gasteiger partial charge in [0.05, 0.1) is 32.0 Å². The standard InChI is InChI=1S/C13H22O5/c1-2-10(14)3-5-13(17-7-8-18-13)6-4-11(15)12-9-16-12/h2,10-12,14-15H,1,3-9H2. The number of hydrogen-bond acceptors (Lipinski definition) is 5. The summed E-state index contributed by atoms with van der Waals surface area (Å²) in [7, 11) is 0. The van der Waals surface area contributed by atoms with Gasteiger partial charge in [0, 0.05) is 12.8 Å². The molecule has 18 heavy (non-hydrogen) atoms. The zero-order chi connectivity index (χ0) is 13.0. The third kappa shape index (κ3) is 3.76. The maximum atomic E-state index is 9.79. The van der Waals surface area contributed by atoms with E-state index in [1.807, 2.05) is 0 Å². The number of ether oxygens (including phenoxy) is 3. The lowest BCUT2D eigenvalue weighted by Crippen LogP contribution is -2.33. The molecule has 0 aliphatic carbocycles. The first-order valence-electron chi connectivity index (χ1n) is 6.53. The number of aliphatic hydroxyl groups excluding tert-OH is 2. The summed E-state index contributed by atoms with van der Waals surface area (Å²) in [5, 5.41) is 19.3. The summed E-state index contributed by atoms with van der Waals surface area (Å²) in [5.41, 5.74) is 0. The van der Waals surface area contributed by atoms with Gasteiger partial charge in [-0.15, -0.1) is 6.58 Å². The maximum absolute atomic E-state index is 9.79. The van der Waals surface area contributed by atoms with Crippen LogP contribution in [0.5, 0.6) is 0 Å². The molecule has 104 valence electrons. The SMILES string of the molecule is C=CC(O)CCC1(CCC(O)C2CO2)OCCO1. The number of epoxide rings is 1. The molecule has 2 rings (SSSR count). The Morgan fingerprint density at radius 1 is 1.22 bits per heavy atom. The first kappa shape index (κ1) is 14.0. The van der Waals surface area contributed by atoms with Crippen LogP contribution in [0.1, 0.15) is 25.7 Å². The van der Waals surface area contributed by atoms with Gasteiger partial charge in [-0.25, -0.2) is 0 Å². The second-order valence-electron chi connectivity index (χ2n) is 4.93. The van der Waals surface area contributed by atoms with Gasteiger partial charge in [-0.3, -0.25) is 0 Å². The Morgan fingerprint density at radius 2 is 1.83 bits per heavy atom. The van der Waals surface area contributed by atoms with Crippen molar-refractivity contribution in [3.8, 4) is 0 Å². The minimum absolute atomic E-state index is 0.0118. The summed E-state index contributed by atoms with van der Waals surface area (Å²) < 4.78 is 16.4. The molecule has 5 heteroatoms. The van der Waals surface area contributed by atoms with E-state index in [-0.39, 0.29) is 6.10 Å². The smallest absolute Gasteiger partial charge is 0.168 e. The molecule has 0 spiro atoms. The highest BCUT2D eigenvalue weighted by Crippen LogP contribution is 2.32. The van der Waals surface area contributed by atoms with Crippen LogP contribution >= 0.6 is 0 Å². The van der Waals surface area contributed by atoms with Crippen molar-refractivity contribution >= 4 is 0 Å². The molecule has 0 amide bonds. The van der Waals surface area contributed by atoms with Gasteiger partial charge in [-0.05, 0) is 12.8 Å². The van der Waals surface area contributed by atoms with E-state index in [2.05, 4.69) is 6.58 Å². The molecule has 2 saturated heterocycles. The van der Waals surface area contributed by atoms with Gasteiger partial charge >= 0.3 is 0 Å². The Morgan fingerprint density at radius 3 is 2.39 bits per heavy atom. The zero-order valence-corrected chi connectivity index (χ0v) is 10.6. The van der Waals surface area contributed by atoms with Gasteiger partial charge in [0.1, 0.15) is 6.10 Å². The van der Waals surface area contributed by atoms with Crippen LogP contribution in [0.15, 0.2) is 12.7 Å². The number of rotatable bonds is 8. The molecule has 5 nitrogen and oxygen atoms in total. The quantitative estimate of drug-likeness (QED) is 0.492. The summed E-state index contributed by atoms with van der Waals surface area (Å²) in [5.74, 6) is -0.653. The Bertz CT molecular complexity index is 271. The molecule has 0 aromatic heterocycles. The molecule has 2 aliphatic heterocycles. The van der Waals surface area contributed by atoms with E-state index in [0.29, 0.717) is 45.5 Å². The summed E-state index contributed by atoms with van der Waals surface area (Å²) >= 11 is 0. The third-order valence-electron chi connectivity index (χ3n) is 3.52. The van der Waals surface area contributed by atoms with Crippen molar-refractivity contribution in [2.45, 2.75) is 49.8 Å². The average Bonchev–Trinajstić information content (AvgIpc) is 3.14. The van der Waals surface area contributed by atoms with Gasteiger partial charge in [-0.2, -0.15) is 0 Å². The van der Waals surface area contributed by atoms with Crippen molar-refractivity contribution < 1.29 is 24.4 Å². The van der Waals surface area contributed by atoms with Crippen LogP contribution < -0.4 is 0 Å². The minimum Gasteiger partial charge on any atom is -0.390 e. The van der Waals surface area contributed by atoms with E-state index in [1.165, 1.54) is 6.08 Å².